The number of ether oxygens (including phenoxy) is 1. The minimum atomic E-state index is -0.506. The first-order valence-corrected chi connectivity index (χ1v) is 7.00. The zero-order chi connectivity index (χ0) is 14.5. The molecule has 0 aliphatic carbocycles. The number of aliphatic hydroxyl groups is 1. The Morgan fingerprint density at radius 2 is 1.84 bits per heavy atom. The lowest BCUT2D eigenvalue weighted by Crippen LogP contribution is -2.42. The van der Waals surface area contributed by atoms with Crippen molar-refractivity contribution >= 4 is 11.6 Å². The van der Waals surface area contributed by atoms with Crippen molar-refractivity contribution in [1.82, 2.24) is 5.32 Å². The highest BCUT2D eigenvalue weighted by molar-refractivity contribution is 6.30. The molecule has 0 saturated carbocycles. The molecule has 19 heavy (non-hydrogen) atoms. The molecule has 0 aliphatic rings. The predicted molar refractivity (Wildman–Crippen MR) is 79.6 cm³/mol. The smallest absolute Gasteiger partial charge is 0.0898 e. The lowest BCUT2D eigenvalue weighted by molar-refractivity contribution is 0.00394. The van der Waals surface area contributed by atoms with Gasteiger partial charge in [-0.15, -0.1) is 0 Å². The molecule has 0 fully saturated rings. The first kappa shape index (κ1) is 16.4. The second kappa shape index (κ2) is 7.25. The fourth-order valence-electron chi connectivity index (χ4n) is 1.70. The van der Waals surface area contributed by atoms with E-state index in [2.05, 4.69) is 19.2 Å². The lowest BCUT2D eigenvalue weighted by Gasteiger charge is -2.28. The molecule has 0 aliphatic heterocycles. The summed E-state index contributed by atoms with van der Waals surface area (Å²) in [4.78, 5) is 0. The third kappa shape index (κ3) is 5.91. The average Bonchev–Trinajstić information content (AvgIpc) is 2.34. The monoisotopic (exact) mass is 285 g/mol. The van der Waals surface area contributed by atoms with Gasteiger partial charge in [0.1, 0.15) is 0 Å². The Morgan fingerprint density at radius 1 is 1.26 bits per heavy atom. The molecule has 0 bridgehead atoms. The topological polar surface area (TPSA) is 41.5 Å². The summed E-state index contributed by atoms with van der Waals surface area (Å²) in [7, 11) is 0. The van der Waals surface area contributed by atoms with E-state index in [0.29, 0.717) is 13.2 Å². The molecule has 0 aromatic heterocycles. The van der Waals surface area contributed by atoms with E-state index >= 15 is 0 Å². The molecule has 1 atom stereocenters. The Hall–Kier alpha value is -0.610. The van der Waals surface area contributed by atoms with Gasteiger partial charge in [-0.25, -0.2) is 0 Å². The van der Waals surface area contributed by atoms with Gasteiger partial charge in [-0.2, -0.15) is 0 Å². The van der Waals surface area contributed by atoms with Crippen LogP contribution in [0.4, 0.5) is 0 Å². The van der Waals surface area contributed by atoms with E-state index < -0.39 is 6.10 Å². The van der Waals surface area contributed by atoms with E-state index in [1.54, 1.807) is 0 Å². The summed E-state index contributed by atoms with van der Waals surface area (Å²) in [6, 6.07) is 7.73. The summed E-state index contributed by atoms with van der Waals surface area (Å²) in [6.45, 7) is 8.90. The van der Waals surface area contributed by atoms with Crippen LogP contribution in [0.25, 0.3) is 0 Å². The first-order valence-electron chi connectivity index (χ1n) is 6.62. The van der Waals surface area contributed by atoms with Crippen LogP contribution in [0.15, 0.2) is 24.3 Å². The standard InChI is InChI=1S/C15H24ClNO2/c1-11(2)19-10-14(18)9-17-15(3,4)12-5-7-13(16)8-6-12/h5-8,11,14,17-18H,9-10H2,1-4H3. The molecular weight excluding hydrogens is 262 g/mol. The summed E-state index contributed by atoms with van der Waals surface area (Å²) >= 11 is 5.88. The van der Waals surface area contributed by atoms with E-state index in [4.69, 9.17) is 16.3 Å². The molecule has 1 aromatic carbocycles. The number of nitrogens with one attached hydrogen (secondary N) is 1. The number of hydrogen-bond acceptors (Lipinski definition) is 3. The summed E-state index contributed by atoms with van der Waals surface area (Å²) in [5, 5.41) is 13.9. The number of rotatable bonds is 7. The third-order valence-electron chi connectivity index (χ3n) is 2.97. The third-order valence-corrected chi connectivity index (χ3v) is 3.22. The van der Waals surface area contributed by atoms with Crippen molar-refractivity contribution in [3.63, 3.8) is 0 Å². The number of benzene rings is 1. The quantitative estimate of drug-likeness (QED) is 0.809. The van der Waals surface area contributed by atoms with Crippen LogP contribution in [0, 0.1) is 0 Å². The van der Waals surface area contributed by atoms with Crippen molar-refractivity contribution in [2.45, 2.75) is 45.4 Å². The van der Waals surface area contributed by atoms with Gasteiger partial charge in [0.15, 0.2) is 0 Å². The molecule has 4 heteroatoms. The molecule has 108 valence electrons. The molecule has 0 spiro atoms. The molecule has 1 rings (SSSR count). The average molecular weight is 286 g/mol. The van der Waals surface area contributed by atoms with E-state index in [-0.39, 0.29) is 11.6 Å². The second-order valence-corrected chi connectivity index (χ2v) is 5.99. The maximum atomic E-state index is 9.84. The molecule has 0 heterocycles. The number of aliphatic hydroxyl groups excluding tert-OH is 1. The zero-order valence-corrected chi connectivity index (χ0v) is 12.9. The first-order chi connectivity index (χ1) is 8.81. The van der Waals surface area contributed by atoms with Gasteiger partial charge in [-0.1, -0.05) is 23.7 Å². The van der Waals surface area contributed by atoms with E-state index in [1.165, 1.54) is 0 Å². The normalized spacial score (nSPS) is 13.8. The largest absolute Gasteiger partial charge is 0.389 e. The van der Waals surface area contributed by atoms with Crippen LogP contribution in [-0.2, 0) is 10.3 Å². The van der Waals surface area contributed by atoms with E-state index in [1.807, 2.05) is 38.1 Å². The van der Waals surface area contributed by atoms with Crippen molar-refractivity contribution < 1.29 is 9.84 Å². The molecule has 0 amide bonds. The number of halogens is 1. The van der Waals surface area contributed by atoms with Crippen molar-refractivity contribution in [2.75, 3.05) is 13.2 Å². The second-order valence-electron chi connectivity index (χ2n) is 5.55. The minimum Gasteiger partial charge on any atom is -0.389 e. The van der Waals surface area contributed by atoms with Crippen LogP contribution in [0.5, 0.6) is 0 Å². The zero-order valence-electron chi connectivity index (χ0n) is 12.1. The Balaban J connectivity index is 2.48. The summed E-state index contributed by atoms with van der Waals surface area (Å²) in [5.74, 6) is 0. The molecule has 0 radical (unpaired) electrons. The molecule has 1 aromatic rings. The minimum absolute atomic E-state index is 0.138. The van der Waals surface area contributed by atoms with Gasteiger partial charge in [0.05, 0.1) is 18.8 Å². The van der Waals surface area contributed by atoms with Crippen molar-refractivity contribution in [2.24, 2.45) is 0 Å². The Labute approximate surface area is 120 Å². The SMILES string of the molecule is CC(C)OCC(O)CNC(C)(C)c1ccc(Cl)cc1. The molecule has 1 unspecified atom stereocenters. The van der Waals surface area contributed by atoms with Gasteiger partial charge < -0.3 is 15.2 Å². The van der Waals surface area contributed by atoms with E-state index in [9.17, 15) is 5.11 Å². The van der Waals surface area contributed by atoms with Crippen molar-refractivity contribution in [3.05, 3.63) is 34.9 Å². The highest BCUT2D eigenvalue weighted by atomic mass is 35.5. The van der Waals surface area contributed by atoms with Crippen molar-refractivity contribution in [3.8, 4) is 0 Å². The summed E-state index contributed by atoms with van der Waals surface area (Å²) < 4.78 is 5.38. The van der Waals surface area contributed by atoms with Gasteiger partial charge in [0, 0.05) is 17.1 Å². The molecule has 3 nitrogen and oxygen atoms in total. The molecule has 0 saturated heterocycles. The maximum Gasteiger partial charge on any atom is 0.0898 e. The fourth-order valence-corrected chi connectivity index (χ4v) is 1.83. The van der Waals surface area contributed by atoms with Crippen molar-refractivity contribution in [1.29, 1.82) is 0 Å². The van der Waals surface area contributed by atoms with Gasteiger partial charge in [-0.05, 0) is 45.4 Å². The van der Waals surface area contributed by atoms with Gasteiger partial charge in [0.2, 0.25) is 0 Å². The number of hydrogen-bond donors (Lipinski definition) is 2. The lowest BCUT2D eigenvalue weighted by atomic mass is 9.94. The molecule has 2 N–H and O–H groups in total. The van der Waals surface area contributed by atoms with E-state index in [0.717, 1.165) is 10.6 Å². The van der Waals surface area contributed by atoms with Crippen LogP contribution < -0.4 is 5.32 Å². The van der Waals surface area contributed by atoms with Gasteiger partial charge >= 0.3 is 0 Å². The Bertz CT molecular complexity index is 376. The maximum absolute atomic E-state index is 9.84. The Morgan fingerprint density at radius 3 is 2.37 bits per heavy atom. The molecular formula is C15H24ClNO2. The van der Waals surface area contributed by atoms with Crippen LogP contribution >= 0.6 is 11.6 Å². The Kier molecular flexibility index (Phi) is 6.27. The van der Waals surface area contributed by atoms with Crippen LogP contribution in [0.3, 0.4) is 0 Å². The predicted octanol–water partition coefficient (Wildman–Crippen LogP) is 2.95. The van der Waals surface area contributed by atoms with Gasteiger partial charge in [0.25, 0.3) is 0 Å². The van der Waals surface area contributed by atoms with Crippen LogP contribution in [-0.4, -0.2) is 30.5 Å². The van der Waals surface area contributed by atoms with Gasteiger partial charge in [-0.3, -0.25) is 0 Å². The summed E-state index contributed by atoms with van der Waals surface area (Å²) in [6.07, 6.45) is -0.368. The highest BCUT2D eigenvalue weighted by Gasteiger charge is 2.20. The summed E-state index contributed by atoms with van der Waals surface area (Å²) in [5.41, 5.74) is 0.914. The fraction of sp³-hybridized carbons (Fsp3) is 0.600. The van der Waals surface area contributed by atoms with Crippen LogP contribution in [0.2, 0.25) is 5.02 Å². The van der Waals surface area contributed by atoms with Crippen LogP contribution in [0.1, 0.15) is 33.3 Å². The highest BCUT2D eigenvalue weighted by Crippen LogP contribution is 2.21.